The fourth-order valence-corrected chi connectivity index (χ4v) is 1.88. The van der Waals surface area contributed by atoms with E-state index in [1.165, 1.54) is 16.7 Å². The Kier molecular flexibility index (Phi) is 5.16. The van der Waals surface area contributed by atoms with E-state index in [-0.39, 0.29) is 5.41 Å². The first-order valence-electron chi connectivity index (χ1n) is 6.40. The number of benzene rings is 1. The van der Waals surface area contributed by atoms with E-state index < -0.39 is 0 Å². The highest BCUT2D eigenvalue weighted by molar-refractivity contribution is 5.34. The van der Waals surface area contributed by atoms with Gasteiger partial charge < -0.3 is 10.6 Å². The molecule has 0 aliphatic heterocycles. The zero-order valence-electron chi connectivity index (χ0n) is 11.9. The molecule has 0 bridgehead atoms. The Bertz CT molecular complexity index is 350. The van der Waals surface area contributed by atoms with Crippen LogP contribution in [0.4, 0.5) is 0 Å². The lowest BCUT2D eigenvalue weighted by atomic mass is 9.85. The third-order valence-corrected chi connectivity index (χ3v) is 3.08. The Hall–Kier alpha value is -0.860. The second-order valence-corrected chi connectivity index (χ2v) is 5.67. The number of nitrogens with one attached hydrogen (secondary N) is 2. The molecule has 0 saturated carbocycles. The minimum Gasteiger partial charge on any atom is -0.308 e. The summed E-state index contributed by atoms with van der Waals surface area (Å²) in [4.78, 5) is 0. The van der Waals surface area contributed by atoms with Crippen molar-refractivity contribution in [2.24, 2.45) is 0 Å². The van der Waals surface area contributed by atoms with Crippen LogP contribution in [0, 0.1) is 6.92 Å². The largest absolute Gasteiger partial charge is 0.308 e. The van der Waals surface area contributed by atoms with Crippen LogP contribution in [-0.2, 0) is 11.8 Å². The first kappa shape index (κ1) is 14.2. The molecule has 0 unspecified atom stereocenters. The number of aryl methyl sites for hydroxylation is 1. The maximum absolute atomic E-state index is 3.34. The van der Waals surface area contributed by atoms with Gasteiger partial charge in [-0.3, -0.25) is 0 Å². The van der Waals surface area contributed by atoms with Crippen molar-refractivity contribution in [3.63, 3.8) is 0 Å². The summed E-state index contributed by atoms with van der Waals surface area (Å²) in [5, 5.41) is 6.43. The molecule has 0 aliphatic rings. The molecule has 0 aliphatic carbocycles. The van der Waals surface area contributed by atoms with Crippen LogP contribution in [0.2, 0.25) is 0 Å². The summed E-state index contributed by atoms with van der Waals surface area (Å²) in [6, 6.07) is 6.87. The van der Waals surface area contributed by atoms with E-state index in [4.69, 9.17) is 0 Å². The molecule has 96 valence electrons. The summed E-state index contributed by atoms with van der Waals surface area (Å²) in [7, 11) is 1.95. The molecule has 0 atom stereocenters. The van der Waals surface area contributed by atoms with E-state index >= 15 is 0 Å². The number of rotatable bonds is 5. The summed E-state index contributed by atoms with van der Waals surface area (Å²) in [5.41, 5.74) is 4.51. The zero-order chi connectivity index (χ0) is 12.9. The lowest BCUT2D eigenvalue weighted by Gasteiger charge is -2.20. The summed E-state index contributed by atoms with van der Waals surface area (Å²) in [6.07, 6.45) is 1.10. The monoisotopic (exact) mass is 234 g/mol. The highest BCUT2D eigenvalue weighted by Crippen LogP contribution is 2.24. The second kappa shape index (κ2) is 6.18. The predicted octanol–water partition coefficient (Wildman–Crippen LogP) is 2.60. The van der Waals surface area contributed by atoms with Crippen LogP contribution in [0.1, 0.15) is 37.5 Å². The van der Waals surface area contributed by atoms with E-state index in [0.717, 1.165) is 19.6 Å². The molecule has 2 N–H and O–H groups in total. The molecule has 0 radical (unpaired) electrons. The Balaban J connectivity index is 2.64. The van der Waals surface area contributed by atoms with Crippen molar-refractivity contribution in [2.45, 2.75) is 39.5 Å². The molecule has 1 rings (SSSR count). The Morgan fingerprint density at radius 1 is 1.18 bits per heavy atom. The van der Waals surface area contributed by atoms with Crippen LogP contribution in [0.15, 0.2) is 18.2 Å². The van der Waals surface area contributed by atoms with Crippen molar-refractivity contribution in [2.75, 3.05) is 20.3 Å². The summed E-state index contributed by atoms with van der Waals surface area (Å²) < 4.78 is 0. The zero-order valence-corrected chi connectivity index (χ0v) is 11.9. The fourth-order valence-electron chi connectivity index (χ4n) is 1.88. The average molecular weight is 234 g/mol. The van der Waals surface area contributed by atoms with Crippen LogP contribution in [0.3, 0.4) is 0 Å². The van der Waals surface area contributed by atoms with E-state index in [2.05, 4.69) is 56.5 Å². The van der Waals surface area contributed by atoms with E-state index in [1.54, 1.807) is 0 Å². The molecule has 0 fully saturated rings. The van der Waals surface area contributed by atoms with Crippen LogP contribution in [0.25, 0.3) is 0 Å². The molecule has 0 saturated heterocycles. The Morgan fingerprint density at radius 2 is 1.88 bits per heavy atom. The van der Waals surface area contributed by atoms with Gasteiger partial charge in [0, 0.05) is 13.2 Å². The van der Waals surface area contributed by atoms with Gasteiger partial charge in [-0.25, -0.2) is 0 Å². The summed E-state index contributed by atoms with van der Waals surface area (Å²) in [5.74, 6) is 0. The standard InChI is InChI=1S/C15H26N2/c1-12-10-14(15(2,3)4)7-6-13(12)8-9-17-11-16-5/h6-7,10,16-17H,8-9,11H2,1-5H3. The molecule has 0 aromatic heterocycles. The Labute approximate surface area is 106 Å². The molecule has 2 heteroatoms. The first-order valence-corrected chi connectivity index (χ1v) is 6.40. The lowest BCUT2D eigenvalue weighted by Crippen LogP contribution is -2.27. The van der Waals surface area contributed by atoms with Gasteiger partial charge in [-0.15, -0.1) is 0 Å². The third-order valence-electron chi connectivity index (χ3n) is 3.08. The normalized spacial score (nSPS) is 11.8. The summed E-state index contributed by atoms with van der Waals surface area (Å²) >= 11 is 0. The predicted molar refractivity (Wildman–Crippen MR) is 75.5 cm³/mol. The Morgan fingerprint density at radius 3 is 2.41 bits per heavy atom. The minimum absolute atomic E-state index is 0.244. The van der Waals surface area contributed by atoms with Gasteiger partial charge in [0.05, 0.1) is 0 Å². The smallest absolute Gasteiger partial charge is 0.0451 e. The fraction of sp³-hybridized carbons (Fsp3) is 0.600. The highest BCUT2D eigenvalue weighted by atomic mass is 15.0. The molecule has 0 spiro atoms. The van der Waals surface area contributed by atoms with Crippen LogP contribution in [0.5, 0.6) is 0 Å². The first-order chi connectivity index (χ1) is 7.95. The molecule has 2 nitrogen and oxygen atoms in total. The average Bonchev–Trinajstić information content (AvgIpc) is 2.24. The highest BCUT2D eigenvalue weighted by Gasteiger charge is 2.14. The van der Waals surface area contributed by atoms with E-state index in [1.807, 2.05) is 7.05 Å². The van der Waals surface area contributed by atoms with Crippen molar-refractivity contribution in [3.8, 4) is 0 Å². The van der Waals surface area contributed by atoms with E-state index in [0.29, 0.717) is 0 Å². The molecule has 17 heavy (non-hydrogen) atoms. The van der Waals surface area contributed by atoms with Crippen LogP contribution < -0.4 is 10.6 Å². The minimum atomic E-state index is 0.244. The third kappa shape index (κ3) is 4.49. The van der Waals surface area contributed by atoms with Crippen LogP contribution in [-0.4, -0.2) is 20.3 Å². The van der Waals surface area contributed by atoms with Gasteiger partial charge in [0.2, 0.25) is 0 Å². The van der Waals surface area contributed by atoms with Gasteiger partial charge in [-0.1, -0.05) is 39.0 Å². The summed E-state index contributed by atoms with van der Waals surface area (Å²) in [6.45, 7) is 10.9. The van der Waals surface area contributed by atoms with Crippen molar-refractivity contribution in [1.29, 1.82) is 0 Å². The topological polar surface area (TPSA) is 24.1 Å². The molecule has 1 aromatic rings. The van der Waals surface area contributed by atoms with Crippen molar-refractivity contribution in [3.05, 3.63) is 34.9 Å². The van der Waals surface area contributed by atoms with Gasteiger partial charge in [0.1, 0.15) is 0 Å². The van der Waals surface area contributed by atoms with Gasteiger partial charge in [0.15, 0.2) is 0 Å². The molecule has 0 amide bonds. The van der Waals surface area contributed by atoms with E-state index in [9.17, 15) is 0 Å². The lowest BCUT2D eigenvalue weighted by molar-refractivity contribution is 0.588. The maximum Gasteiger partial charge on any atom is 0.0451 e. The number of hydrogen-bond acceptors (Lipinski definition) is 2. The van der Waals surface area contributed by atoms with Crippen molar-refractivity contribution < 1.29 is 0 Å². The van der Waals surface area contributed by atoms with Gasteiger partial charge in [0.25, 0.3) is 0 Å². The molecular formula is C15H26N2. The SMILES string of the molecule is CNCNCCc1ccc(C(C)(C)C)cc1C. The van der Waals surface area contributed by atoms with Gasteiger partial charge in [-0.2, -0.15) is 0 Å². The van der Waals surface area contributed by atoms with Gasteiger partial charge in [-0.05, 0) is 42.5 Å². The molecular weight excluding hydrogens is 208 g/mol. The van der Waals surface area contributed by atoms with Gasteiger partial charge >= 0.3 is 0 Å². The molecule has 0 heterocycles. The molecule has 1 aromatic carbocycles. The van der Waals surface area contributed by atoms with Crippen molar-refractivity contribution >= 4 is 0 Å². The quantitative estimate of drug-likeness (QED) is 0.604. The number of hydrogen-bond donors (Lipinski definition) is 2. The maximum atomic E-state index is 3.34. The van der Waals surface area contributed by atoms with Crippen LogP contribution >= 0.6 is 0 Å². The second-order valence-electron chi connectivity index (χ2n) is 5.67. The van der Waals surface area contributed by atoms with Crippen molar-refractivity contribution in [1.82, 2.24) is 10.6 Å².